The Hall–Kier alpha value is -1.06. The van der Waals surface area contributed by atoms with Crippen LogP contribution in [-0.2, 0) is 11.8 Å². The summed E-state index contributed by atoms with van der Waals surface area (Å²) in [5.41, 5.74) is 8.57. The number of nitrogens with two attached hydrogens (primary N) is 1. The van der Waals surface area contributed by atoms with Gasteiger partial charge in [0.1, 0.15) is 5.75 Å². The fourth-order valence-corrected chi connectivity index (χ4v) is 2.58. The first kappa shape index (κ1) is 19.0. The summed E-state index contributed by atoms with van der Waals surface area (Å²) in [5, 5.41) is 10.2. The molecule has 0 spiro atoms. The molecule has 2 atom stereocenters. The highest BCUT2D eigenvalue weighted by Crippen LogP contribution is 2.29. The zero-order valence-electron chi connectivity index (χ0n) is 14.9. The van der Waals surface area contributed by atoms with E-state index in [2.05, 4.69) is 45.9 Å². The number of hydrogen-bond acceptors (Lipinski definition) is 3. The van der Waals surface area contributed by atoms with Crippen LogP contribution < -0.4 is 10.5 Å². The summed E-state index contributed by atoms with van der Waals surface area (Å²) in [6.07, 6.45) is 2.88. The van der Waals surface area contributed by atoms with E-state index in [1.807, 2.05) is 6.92 Å². The molecule has 0 aliphatic carbocycles. The first-order chi connectivity index (χ1) is 10.3. The number of aryl methyl sites for hydroxylation is 1. The SMILES string of the molecule is CCCC(N)C(O)CCc1cc(C(C)(C)C)ccc1OCC. The summed E-state index contributed by atoms with van der Waals surface area (Å²) in [5.74, 6) is 0.923. The van der Waals surface area contributed by atoms with Crippen LogP contribution in [-0.4, -0.2) is 23.9 Å². The molecule has 0 saturated heterocycles. The molecule has 126 valence electrons. The van der Waals surface area contributed by atoms with Crippen molar-refractivity contribution in [2.75, 3.05) is 6.61 Å². The van der Waals surface area contributed by atoms with Gasteiger partial charge in [-0.3, -0.25) is 0 Å². The molecule has 0 amide bonds. The van der Waals surface area contributed by atoms with E-state index < -0.39 is 6.10 Å². The Kier molecular flexibility index (Phi) is 7.37. The summed E-state index contributed by atoms with van der Waals surface area (Å²) in [4.78, 5) is 0. The van der Waals surface area contributed by atoms with Crippen molar-refractivity contribution in [3.8, 4) is 5.75 Å². The fraction of sp³-hybridized carbons (Fsp3) is 0.684. The predicted octanol–water partition coefficient (Wildman–Crippen LogP) is 3.80. The molecule has 2 unspecified atom stereocenters. The minimum atomic E-state index is -0.451. The molecular weight excluding hydrogens is 274 g/mol. The minimum Gasteiger partial charge on any atom is -0.494 e. The van der Waals surface area contributed by atoms with E-state index in [-0.39, 0.29) is 11.5 Å². The Labute approximate surface area is 135 Å². The van der Waals surface area contributed by atoms with E-state index in [1.165, 1.54) is 5.56 Å². The normalized spacial score (nSPS) is 14.7. The lowest BCUT2D eigenvalue weighted by atomic mass is 9.85. The molecule has 3 heteroatoms. The first-order valence-corrected chi connectivity index (χ1v) is 8.49. The van der Waals surface area contributed by atoms with Crippen LogP contribution in [0.15, 0.2) is 18.2 Å². The third-order valence-corrected chi connectivity index (χ3v) is 4.05. The standard InChI is InChI=1S/C19H33NO2/c1-6-8-16(20)17(21)11-9-14-13-15(19(3,4)5)10-12-18(14)22-7-2/h10,12-13,16-17,21H,6-9,11,20H2,1-5H3. The third-order valence-electron chi connectivity index (χ3n) is 4.05. The van der Waals surface area contributed by atoms with Crippen molar-refractivity contribution in [3.05, 3.63) is 29.3 Å². The molecule has 0 aliphatic heterocycles. The molecule has 0 saturated carbocycles. The largest absolute Gasteiger partial charge is 0.494 e. The van der Waals surface area contributed by atoms with Gasteiger partial charge in [-0.15, -0.1) is 0 Å². The maximum absolute atomic E-state index is 10.2. The van der Waals surface area contributed by atoms with E-state index >= 15 is 0 Å². The van der Waals surface area contributed by atoms with Gasteiger partial charge in [0.15, 0.2) is 0 Å². The molecule has 0 radical (unpaired) electrons. The quantitative estimate of drug-likeness (QED) is 0.768. The molecule has 22 heavy (non-hydrogen) atoms. The van der Waals surface area contributed by atoms with Crippen molar-refractivity contribution in [2.45, 2.75) is 77.9 Å². The van der Waals surface area contributed by atoms with E-state index in [9.17, 15) is 5.11 Å². The molecule has 0 aromatic heterocycles. The van der Waals surface area contributed by atoms with E-state index in [0.717, 1.165) is 30.6 Å². The summed E-state index contributed by atoms with van der Waals surface area (Å²) < 4.78 is 5.73. The Bertz CT molecular complexity index is 451. The second-order valence-corrected chi connectivity index (χ2v) is 7.06. The fourth-order valence-electron chi connectivity index (χ4n) is 2.58. The van der Waals surface area contributed by atoms with Gasteiger partial charge in [-0.05, 0) is 48.8 Å². The number of aliphatic hydroxyl groups is 1. The topological polar surface area (TPSA) is 55.5 Å². The van der Waals surface area contributed by atoms with Gasteiger partial charge in [-0.2, -0.15) is 0 Å². The first-order valence-electron chi connectivity index (χ1n) is 8.49. The van der Waals surface area contributed by atoms with Crippen molar-refractivity contribution in [1.82, 2.24) is 0 Å². The van der Waals surface area contributed by atoms with Crippen LogP contribution in [0.4, 0.5) is 0 Å². The smallest absolute Gasteiger partial charge is 0.122 e. The average Bonchev–Trinajstić information content (AvgIpc) is 2.45. The zero-order valence-corrected chi connectivity index (χ0v) is 14.9. The van der Waals surface area contributed by atoms with Gasteiger partial charge in [0.05, 0.1) is 12.7 Å². The summed E-state index contributed by atoms with van der Waals surface area (Å²) in [6.45, 7) is 11.4. The molecular formula is C19H33NO2. The van der Waals surface area contributed by atoms with Gasteiger partial charge in [-0.1, -0.05) is 46.2 Å². The number of benzene rings is 1. The lowest BCUT2D eigenvalue weighted by Crippen LogP contribution is -2.34. The highest BCUT2D eigenvalue weighted by molar-refractivity contribution is 5.40. The molecule has 3 nitrogen and oxygen atoms in total. The highest BCUT2D eigenvalue weighted by Gasteiger charge is 2.18. The van der Waals surface area contributed by atoms with Gasteiger partial charge in [0.25, 0.3) is 0 Å². The van der Waals surface area contributed by atoms with E-state index in [4.69, 9.17) is 10.5 Å². The Morgan fingerprint density at radius 3 is 2.41 bits per heavy atom. The number of aliphatic hydroxyl groups excluding tert-OH is 1. The zero-order chi connectivity index (χ0) is 16.8. The monoisotopic (exact) mass is 307 g/mol. The van der Waals surface area contributed by atoms with Gasteiger partial charge in [0, 0.05) is 6.04 Å². The van der Waals surface area contributed by atoms with Gasteiger partial charge < -0.3 is 15.6 Å². The van der Waals surface area contributed by atoms with Gasteiger partial charge in [-0.25, -0.2) is 0 Å². The lowest BCUT2D eigenvalue weighted by Gasteiger charge is -2.23. The van der Waals surface area contributed by atoms with Crippen molar-refractivity contribution >= 4 is 0 Å². The molecule has 0 bridgehead atoms. The maximum atomic E-state index is 10.2. The number of hydrogen-bond donors (Lipinski definition) is 2. The molecule has 0 aliphatic rings. The van der Waals surface area contributed by atoms with Crippen LogP contribution in [0.2, 0.25) is 0 Å². The molecule has 0 fully saturated rings. The Morgan fingerprint density at radius 1 is 1.18 bits per heavy atom. The Balaban J connectivity index is 2.86. The predicted molar refractivity (Wildman–Crippen MR) is 93.5 cm³/mol. The molecule has 1 aromatic carbocycles. The van der Waals surface area contributed by atoms with Crippen molar-refractivity contribution in [1.29, 1.82) is 0 Å². The lowest BCUT2D eigenvalue weighted by molar-refractivity contribution is 0.130. The second-order valence-electron chi connectivity index (χ2n) is 7.06. The van der Waals surface area contributed by atoms with Crippen LogP contribution in [0.1, 0.15) is 65.0 Å². The second kappa shape index (κ2) is 8.54. The molecule has 1 rings (SSSR count). The summed E-state index contributed by atoms with van der Waals surface area (Å²) >= 11 is 0. The third kappa shape index (κ3) is 5.62. The Morgan fingerprint density at radius 2 is 1.86 bits per heavy atom. The van der Waals surface area contributed by atoms with Crippen LogP contribution >= 0.6 is 0 Å². The van der Waals surface area contributed by atoms with Crippen LogP contribution in [0.25, 0.3) is 0 Å². The molecule has 0 heterocycles. The van der Waals surface area contributed by atoms with Crippen molar-refractivity contribution in [3.63, 3.8) is 0 Å². The highest BCUT2D eigenvalue weighted by atomic mass is 16.5. The van der Waals surface area contributed by atoms with E-state index in [1.54, 1.807) is 0 Å². The molecule has 3 N–H and O–H groups in total. The summed E-state index contributed by atoms with van der Waals surface area (Å²) in [7, 11) is 0. The minimum absolute atomic E-state index is 0.108. The maximum Gasteiger partial charge on any atom is 0.122 e. The summed E-state index contributed by atoms with van der Waals surface area (Å²) in [6, 6.07) is 6.26. The average molecular weight is 307 g/mol. The van der Waals surface area contributed by atoms with Crippen LogP contribution in [0.3, 0.4) is 0 Å². The van der Waals surface area contributed by atoms with E-state index in [0.29, 0.717) is 13.0 Å². The van der Waals surface area contributed by atoms with Crippen LogP contribution in [0.5, 0.6) is 5.75 Å². The van der Waals surface area contributed by atoms with Crippen molar-refractivity contribution in [2.24, 2.45) is 5.73 Å². The van der Waals surface area contributed by atoms with Gasteiger partial charge in [0.2, 0.25) is 0 Å². The van der Waals surface area contributed by atoms with Gasteiger partial charge >= 0.3 is 0 Å². The number of ether oxygens (including phenoxy) is 1. The van der Waals surface area contributed by atoms with Crippen LogP contribution in [0, 0.1) is 0 Å². The molecule has 1 aromatic rings. The number of rotatable bonds is 8. The van der Waals surface area contributed by atoms with Crippen molar-refractivity contribution < 1.29 is 9.84 Å².